The normalized spacial score (nSPS) is 10.8. The zero-order valence-corrected chi connectivity index (χ0v) is 22.5. The second-order valence-corrected chi connectivity index (χ2v) is 9.46. The summed E-state index contributed by atoms with van der Waals surface area (Å²) in [6, 6.07) is 19.1. The highest BCUT2D eigenvalue weighted by atomic mass is 35.5. The molecule has 196 valence electrons. The van der Waals surface area contributed by atoms with E-state index in [0.29, 0.717) is 38.8 Å². The van der Waals surface area contributed by atoms with Gasteiger partial charge in [0.25, 0.3) is 0 Å². The standard InChI is InChI=1S/C30H29ClN2O5/c1-19(34)22-7-11-27(37-3)24(13-22)15-30(18-32,29(36)33-17-21-5-9-26(31)10-6-21)16-25-14-23(20(2)35)8-12-28(25)38-4/h5-14H,15-17H2,1-4H3,(H,33,36). The van der Waals surface area contributed by atoms with E-state index in [1.807, 2.05) is 0 Å². The predicted octanol–water partition coefficient (Wildman–Crippen LogP) is 5.37. The van der Waals surface area contributed by atoms with E-state index in [9.17, 15) is 19.6 Å². The number of hydrogen-bond acceptors (Lipinski definition) is 6. The number of amides is 1. The number of nitrogens with one attached hydrogen (secondary N) is 1. The van der Waals surface area contributed by atoms with Gasteiger partial charge in [-0.05, 0) is 79.1 Å². The lowest BCUT2D eigenvalue weighted by atomic mass is 9.76. The SMILES string of the molecule is COc1ccc(C(C)=O)cc1CC(C#N)(Cc1cc(C(C)=O)ccc1OC)C(=O)NCc1ccc(Cl)cc1. The van der Waals surface area contributed by atoms with Crippen LogP contribution < -0.4 is 14.8 Å². The lowest BCUT2D eigenvalue weighted by Crippen LogP contribution is -2.43. The minimum absolute atomic E-state index is 0.0479. The first kappa shape index (κ1) is 28.4. The monoisotopic (exact) mass is 532 g/mol. The van der Waals surface area contributed by atoms with E-state index in [0.717, 1.165) is 5.56 Å². The van der Waals surface area contributed by atoms with Gasteiger partial charge in [-0.25, -0.2) is 0 Å². The van der Waals surface area contributed by atoms with Gasteiger partial charge in [-0.1, -0.05) is 23.7 Å². The van der Waals surface area contributed by atoms with Crippen molar-refractivity contribution in [2.45, 2.75) is 33.2 Å². The lowest BCUT2D eigenvalue weighted by molar-refractivity contribution is -0.128. The number of nitrogens with zero attached hydrogens (tertiary/aromatic N) is 1. The fourth-order valence-corrected chi connectivity index (χ4v) is 4.35. The third-order valence-electron chi connectivity index (χ3n) is 6.37. The quantitative estimate of drug-likeness (QED) is 0.333. The minimum Gasteiger partial charge on any atom is -0.496 e. The Kier molecular flexibility index (Phi) is 9.27. The largest absolute Gasteiger partial charge is 0.496 e. The summed E-state index contributed by atoms with van der Waals surface area (Å²) >= 11 is 5.97. The summed E-state index contributed by atoms with van der Waals surface area (Å²) < 4.78 is 11.0. The molecular weight excluding hydrogens is 504 g/mol. The van der Waals surface area contributed by atoms with Gasteiger partial charge in [-0.15, -0.1) is 0 Å². The molecule has 0 heterocycles. The molecular formula is C30H29ClN2O5. The molecule has 0 spiro atoms. The first-order valence-electron chi connectivity index (χ1n) is 11.9. The highest BCUT2D eigenvalue weighted by Gasteiger charge is 2.41. The van der Waals surface area contributed by atoms with E-state index in [4.69, 9.17) is 21.1 Å². The molecule has 0 bridgehead atoms. The summed E-state index contributed by atoms with van der Waals surface area (Å²) in [4.78, 5) is 38.0. The van der Waals surface area contributed by atoms with Crippen molar-refractivity contribution in [3.8, 4) is 17.6 Å². The third kappa shape index (κ3) is 6.58. The van der Waals surface area contributed by atoms with Crippen LogP contribution >= 0.6 is 11.6 Å². The first-order chi connectivity index (χ1) is 18.1. The molecule has 38 heavy (non-hydrogen) atoms. The Balaban J connectivity index is 2.09. The van der Waals surface area contributed by atoms with Crippen LogP contribution in [-0.2, 0) is 24.2 Å². The fourth-order valence-electron chi connectivity index (χ4n) is 4.23. The van der Waals surface area contributed by atoms with Gasteiger partial charge >= 0.3 is 0 Å². The van der Waals surface area contributed by atoms with Crippen LogP contribution in [0.25, 0.3) is 0 Å². The second kappa shape index (κ2) is 12.4. The third-order valence-corrected chi connectivity index (χ3v) is 6.63. The van der Waals surface area contributed by atoms with Gasteiger partial charge in [0.2, 0.25) is 5.91 Å². The zero-order chi connectivity index (χ0) is 27.9. The number of ether oxygens (including phenoxy) is 2. The van der Waals surface area contributed by atoms with Crippen molar-refractivity contribution in [3.05, 3.63) is 93.5 Å². The Hall–Kier alpha value is -4.15. The van der Waals surface area contributed by atoms with Crippen LogP contribution in [0, 0.1) is 16.7 Å². The highest BCUT2D eigenvalue weighted by Crippen LogP contribution is 2.35. The van der Waals surface area contributed by atoms with Crippen molar-refractivity contribution in [1.29, 1.82) is 5.26 Å². The molecule has 0 aliphatic carbocycles. The van der Waals surface area contributed by atoms with Crippen LogP contribution in [0.15, 0.2) is 60.7 Å². The molecule has 1 amide bonds. The van der Waals surface area contributed by atoms with E-state index in [1.165, 1.54) is 28.1 Å². The number of ketones is 2. The molecule has 0 fully saturated rings. The Labute approximate surface area is 227 Å². The van der Waals surface area contributed by atoms with E-state index in [-0.39, 0.29) is 31.0 Å². The Bertz CT molecular complexity index is 1330. The summed E-state index contributed by atoms with van der Waals surface area (Å²) in [6.07, 6.45) is -0.0958. The average molecular weight is 533 g/mol. The summed E-state index contributed by atoms with van der Waals surface area (Å²) in [5.74, 6) is 0.0774. The van der Waals surface area contributed by atoms with Gasteiger partial charge in [-0.3, -0.25) is 14.4 Å². The molecule has 0 radical (unpaired) electrons. The molecule has 1 N–H and O–H groups in total. The van der Waals surface area contributed by atoms with E-state index in [1.54, 1.807) is 60.7 Å². The molecule has 0 unspecified atom stereocenters. The molecule has 0 aromatic heterocycles. The fraction of sp³-hybridized carbons (Fsp3) is 0.267. The minimum atomic E-state index is -1.63. The van der Waals surface area contributed by atoms with Gasteiger partial charge in [0.1, 0.15) is 16.9 Å². The summed E-state index contributed by atoms with van der Waals surface area (Å²) in [7, 11) is 2.97. The van der Waals surface area contributed by atoms with Crippen molar-refractivity contribution in [1.82, 2.24) is 5.32 Å². The Morgan fingerprint density at radius 1 is 0.842 bits per heavy atom. The lowest BCUT2D eigenvalue weighted by Gasteiger charge is -2.28. The van der Waals surface area contributed by atoms with E-state index in [2.05, 4.69) is 11.4 Å². The zero-order valence-electron chi connectivity index (χ0n) is 21.8. The van der Waals surface area contributed by atoms with Gasteiger partial charge in [-0.2, -0.15) is 5.26 Å². The smallest absolute Gasteiger partial charge is 0.241 e. The van der Waals surface area contributed by atoms with Crippen molar-refractivity contribution in [2.24, 2.45) is 5.41 Å². The average Bonchev–Trinajstić information content (AvgIpc) is 2.91. The van der Waals surface area contributed by atoms with Crippen LogP contribution in [0.4, 0.5) is 0 Å². The Morgan fingerprint density at radius 3 is 1.71 bits per heavy atom. The number of methoxy groups -OCH3 is 2. The van der Waals surface area contributed by atoms with Crippen LogP contribution in [0.5, 0.6) is 11.5 Å². The van der Waals surface area contributed by atoms with Gasteiger partial charge in [0, 0.05) is 35.5 Å². The number of Topliss-reactive ketones (excluding diaryl/α,β-unsaturated/α-hetero) is 2. The number of hydrogen-bond donors (Lipinski definition) is 1. The van der Waals surface area contributed by atoms with Crippen LogP contribution in [0.3, 0.4) is 0 Å². The maximum Gasteiger partial charge on any atom is 0.241 e. The predicted molar refractivity (Wildman–Crippen MR) is 145 cm³/mol. The highest BCUT2D eigenvalue weighted by molar-refractivity contribution is 6.30. The summed E-state index contributed by atoms with van der Waals surface area (Å²) in [5, 5.41) is 14.0. The van der Waals surface area contributed by atoms with Gasteiger partial charge in [0.15, 0.2) is 11.6 Å². The molecule has 3 aromatic carbocycles. The van der Waals surface area contributed by atoms with Crippen molar-refractivity contribution >= 4 is 29.1 Å². The molecule has 0 saturated carbocycles. The second-order valence-electron chi connectivity index (χ2n) is 9.02. The van der Waals surface area contributed by atoms with Crippen LogP contribution in [0.2, 0.25) is 5.02 Å². The first-order valence-corrected chi connectivity index (χ1v) is 12.3. The van der Waals surface area contributed by atoms with Gasteiger partial charge in [0.05, 0.1) is 20.3 Å². The number of nitriles is 1. The number of benzene rings is 3. The molecule has 0 saturated heterocycles. The summed E-state index contributed by atoms with van der Waals surface area (Å²) in [5.41, 5.74) is 1.12. The van der Waals surface area contributed by atoms with Crippen LogP contribution in [-0.4, -0.2) is 31.7 Å². The molecule has 0 aliphatic rings. The number of rotatable bonds is 11. The van der Waals surface area contributed by atoms with Crippen LogP contribution in [0.1, 0.15) is 51.3 Å². The molecule has 7 nitrogen and oxygen atoms in total. The molecule has 0 aliphatic heterocycles. The maximum atomic E-state index is 13.8. The maximum absolute atomic E-state index is 13.8. The van der Waals surface area contributed by atoms with E-state index < -0.39 is 11.3 Å². The Morgan fingerprint density at radius 2 is 1.32 bits per heavy atom. The number of carbonyl (C=O) groups excluding carboxylic acids is 3. The molecule has 0 atom stereocenters. The van der Waals surface area contributed by atoms with Crippen molar-refractivity contribution in [2.75, 3.05) is 14.2 Å². The summed E-state index contributed by atoms with van der Waals surface area (Å²) in [6.45, 7) is 3.06. The van der Waals surface area contributed by atoms with Crippen molar-refractivity contribution in [3.63, 3.8) is 0 Å². The number of halogens is 1. The van der Waals surface area contributed by atoms with Gasteiger partial charge < -0.3 is 14.8 Å². The topological polar surface area (TPSA) is 105 Å². The van der Waals surface area contributed by atoms with E-state index >= 15 is 0 Å². The molecule has 8 heteroatoms. The molecule has 3 aromatic rings. The number of carbonyl (C=O) groups is 3. The molecule has 3 rings (SSSR count). The van der Waals surface area contributed by atoms with Crippen molar-refractivity contribution < 1.29 is 23.9 Å².